The number of aliphatic hydroxyl groups is 1. The predicted molar refractivity (Wildman–Crippen MR) is 98.1 cm³/mol. The lowest BCUT2D eigenvalue weighted by atomic mass is 9.94. The maximum absolute atomic E-state index is 12.1. The van der Waals surface area contributed by atoms with Crippen LogP contribution in [0, 0.1) is 0 Å². The van der Waals surface area contributed by atoms with E-state index in [-0.39, 0.29) is 12.4 Å². The van der Waals surface area contributed by atoms with Gasteiger partial charge in [-0.15, -0.1) is 0 Å². The Bertz CT molecular complexity index is 670. The molecule has 0 aromatic heterocycles. The molecule has 1 N–H and O–H groups in total. The largest absolute Gasteiger partial charge is 0.433 e. The Balaban J connectivity index is 1.49. The van der Waals surface area contributed by atoms with E-state index >= 15 is 0 Å². The highest BCUT2D eigenvalue weighted by Gasteiger charge is 2.33. The highest BCUT2D eigenvalue weighted by atomic mass is 16.7. The molecule has 0 radical (unpaired) electrons. The summed E-state index contributed by atoms with van der Waals surface area (Å²) in [6, 6.07) is 18.5. The third-order valence-electron chi connectivity index (χ3n) is 4.86. The predicted octanol–water partition coefficient (Wildman–Crippen LogP) is 4.21. The Morgan fingerprint density at radius 2 is 1.40 bits per heavy atom. The van der Waals surface area contributed by atoms with Crippen molar-refractivity contribution in [3.05, 3.63) is 71.3 Å². The van der Waals surface area contributed by atoms with Crippen molar-refractivity contribution in [2.75, 3.05) is 0 Å². The van der Waals surface area contributed by atoms with Crippen molar-refractivity contribution < 1.29 is 14.6 Å². The number of hydrogen-bond donors (Lipinski definition) is 1. The van der Waals surface area contributed by atoms with Gasteiger partial charge in [0.2, 0.25) is 5.79 Å². The molecule has 0 saturated heterocycles. The van der Waals surface area contributed by atoms with Gasteiger partial charge in [0.1, 0.15) is 0 Å². The number of aryl methyl sites for hydroxylation is 2. The van der Waals surface area contributed by atoms with Gasteiger partial charge < -0.3 is 9.84 Å². The van der Waals surface area contributed by atoms with Crippen molar-refractivity contribution in [2.45, 2.75) is 57.2 Å². The van der Waals surface area contributed by atoms with Gasteiger partial charge in [-0.3, -0.25) is 4.79 Å². The van der Waals surface area contributed by atoms with Crippen LogP contribution >= 0.6 is 0 Å². The van der Waals surface area contributed by atoms with Crippen molar-refractivity contribution in [1.29, 1.82) is 0 Å². The van der Waals surface area contributed by atoms with Crippen LogP contribution in [0.2, 0.25) is 0 Å². The minimum atomic E-state index is -1.25. The van der Waals surface area contributed by atoms with Gasteiger partial charge in [0.25, 0.3) is 0 Å². The zero-order valence-corrected chi connectivity index (χ0v) is 14.6. The first-order valence-corrected chi connectivity index (χ1v) is 9.19. The van der Waals surface area contributed by atoms with Gasteiger partial charge in [-0.2, -0.15) is 0 Å². The molecule has 0 atom stereocenters. The second-order valence-electron chi connectivity index (χ2n) is 6.96. The summed E-state index contributed by atoms with van der Waals surface area (Å²) in [4.78, 5) is 12.1. The molecule has 3 heteroatoms. The van der Waals surface area contributed by atoms with Crippen molar-refractivity contribution in [3.8, 4) is 0 Å². The lowest BCUT2D eigenvalue weighted by Gasteiger charge is -2.31. The molecule has 0 spiro atoms. The fraction of sp³-hybridized carbons (Fsp3) is 0.409. The first-order valence-electron chi connectivity index (χ1n) is 9.19. The van der Waals surface area contributed by atoms with E-state index < -0.39 is 5.79 Å². The first kappa shape index (κ1) is 17.7. The lowest BCUT2D eigenvalue weighted by molar-refractivity contribution is -0.219. The van der Waals surface area contributed by atoms with Crippen molar-refractivity contribution in [3.63, 3.8) is 0 Å². The van der Waals surface area contributed by atoms with E-state index in [0.717, 1.165) is 37.7 Å². The van der Waals surface area contributed by atoms with Crippen LogP contribution in [-0.2, 0) is 28.8 Å². The number of ether oxygens (including phenoxy) is 1. The second-order valence-corrected chi connectivity index (χ2v) is 6.96. The van der Waals surface area contributed by atoms with Crippen LogP contribution in [0.25, 0.3) is 0 Å². The van der Waals surface area contributed by atoms with Crippen LogP contribution in [0.5, 0.6) is 0 Å². The molecule has 3 nitrogen and oxygen atoms in total. The van der Waals surface area contributed by atoms with E-state index in [1.54, 1.807) is 0 Å². The zero-order valence-electron chi connectivity index (χ0n) is 14.6. The molecule has 1 saturated carbocycles. The van der Waals surface area contributed by atoms with Crippen molar-refractivity contribution >= 4 is 5.97 Å². The SMILES string of the molecule is O=C(Cc1ccc(CCc2ccccc2)cc1)OC1(O)CCCCC1. The topological polar surface area (TPSA) is 46.5 Å². The molecule has 1 aliphatic carbocycles. The van der Waals surface area contributed by atoms with Crippen LogP contribution < -0.4 is 0 Å². The van der Waals surface area contributed by atoms with Crippen molar-refractivity contribution in [1.82, 2.24) is 0 Å². The summed E-state index contributed by atoms with van der Waals surface area (Å²) in [5.41, 5.74) is 3.51. The maximum atomic E-state index is 12.1. The van der Waals surface area contributed by atoms with E-state index in [1.165, 1.54) is 11.1 Å². The minimum absolute atomic E-state index is 0.210. The molecule has 0 aliphatic heterocycles. The Morgan fingerprint density at radius 1 is 0.840 bits per heavy atom. The van der Waals surface area contributed by atoms with Crippen molar-refractivity contribution in [2.24, 2.45) is 0 Å². The fourth-order valence-corrected chi connectivity index (χ4v) is 3.38. The Kier molecular flexibility index (Phi) is 5.87. The molecule has 3 rings (SSSR count). The van der Waals surface area contributed by atoms with E-state index in [9.17, 15) is 9.90 Å². The van der Waals surface area contributed by atoms with Gasteiger partial charge in [0, 0.05) is 12.8 Å². The summed E-state index contributed by atoms with van der Waals surface area (Å²) in [6.45, 7) is 0. The number of carbonyl (C=O) groups is 1. The highest BCUT2D eigenvalue weighted by molar-refractivity contribution is 5.73. The van der Waals surface area contributed by atoms with Gasteiger partial charge in [0.15, 0.2) is 0 Å². The summed E-state index contributed by atoms with van der Waals surface area (Å²) in [6.07, 6.45) is 6.24. The molecule has 0 amide bonds. The van der Waals surface area contributed by atoms with E-state index in [2.05, 4.69) is 36.4 Å². The van der Waals surface area contributed by atoms with Crippen LogP contribution in [-0.4, -0.2) is 16.9 Å². The summed E-state index contributed by atoms with van der Waals surface area (Å²) < 4.78 is 5.33. The Hall–Kier alpha value is -2.13. The summed E-state index contributed by atoms with van der Waals surface area (Å²) in [7, 11) is 0. The lowest BCUT2D eigenvalue weighted by Crippen LogP contribution is -2.37. The van der Waals surface area contributed by atoms with Gasteiger partial charge in [0.05, 0.1) is 6.42 Å². The van der Waals surface area contributed by atoms with Crippen LogP contribution in [0.15, 0.2) is 54.6 Å². The molecule has 0 unspecified atom stereocenters. The Morgan fingerprint density at radius 3 is 2.04 bits per heavy atom. The maximum Gasteiger partial charge on any atom is 0.312 e. The van der Waals surface area contributed by atoms with Gasteiger partial charge in [-0.1, -0.05) is 61.0 Å². The summed E-state index contributed by atoms with van der Waals surface area (Å²) >= 11 is 0. The first-order chi connectivity index (χ1) is 12.1. The molecule has 1 aliphatic rings. The van der Waals surface area contributed by atoms with Crippen LogP contribution in [0.4, 0.5) is 0 Å². The molecule has 25 heavy (non-hydrogen) atoms. The molecule has 1 fully saturated rings. The zero-order chi connectivity index (χ0) is 17.5. The number of benzene rings is 2. The smallest absolute Gasteiger partial charge is 0.312 e. The third kappa shape index (κ3) is 5.43. The minimum Gasteiger partial charge on any atom is -0.433 e. The third-order valence-corrected chi connectivity index (χ3v) is 4.86. The average molecular weight is 338 g/mol. The quantitative estimate of drug-likeness (QED) is 0.634. The van der Waals surface area contributed by atoms with E-state index in [4.69, 9.17) is 4.74 Å². The number of esters is 1. The number of carbonyl (C=O) groups excluding carboxylic acids is 1. The number of rotatable bonds is 6. The van der Waals surface area contributed by atoms with Gasteiger partial charge in [-0.05, 0) is 42.4 Å². The fourth-order valence-electron chi connectivity index (χ4n) is 3.38. The average Bonchev–Trinajstić information content (AvgIpc) is 2.62. The standard InChI is InChI=1S/C22H26O3/c23-21(25-22(24)15-5-2-6-16-22)17-20-13-11-19(12-14-20)10-9-18-7-3-1-4-8-18/h1,3-4,7-8,11-14,24H,2,5-6,9-10,15-17H2. The van der Waals surface area contributed by atoms with Crippen LogP contribution in [0.1, 0.15) is 48.8 Å². The van der Waals surface area contributed by atoms with Gasteiger partial charge >= 0.3 is 5.97 Å². The van der Waals surface area contributed by atoms with Gasteiger partial charge in [-0.25, -0.2) is 0 Å². The Labute approximate surface area is 149 Å². The summed E-state index contributed by atoms with van der Waals surface area (Å²) in [5.74, 6) is -1.59. The van der Waals surface area contributed by atoms with E-state index in [1.807, 2.05) is 18.2 Å². The number of hydrogen-bond acceptors (Lipinski definition) is 3. The molecular formula is C22H26O3. The molecule has 0 bridgehead atoms. The highest BCUT2D eigenvalue weighted by Crippen LogP contribution is 2.29. The normalized spacial score (nSPS) is 16.4. The molecule has 132 valence electrons. The molecule has 2 aromatic carbocycles. The molecular weight excluding hydrogens is 312 g/mol. The summed E-state index contributed by atoms with van der Waals surface area (Å²) in [5, 5.41) is 10.3. The van der Waals surface area contributed by atoms with E-state index in [0.29, 0.717) is 12.8 Å². The molecule has 0 heterocycles. The van der Waals surface area contributed by atoms with Crippen LogP contribution in [0.3, 0.4) is 0 Å². The second kappa shape index (κ2) is 8.30. The monoisotopic (exact) mass is 338 g/mol. The molecule has 2 aromatic rings.